The molecule has 0 bridgehead atoms. The van der Waals surface area contributed by atoms with Crippen LogP contribution in [0.4, 0.5) is 5.69 Å². The van der Waals surface area contributed by atoms with Crippen LogP contribution in [0.3, 0.4) is 0 Å². The number of halogens is 1. The summed E-state index contributed by atoms with van der Waals surface area (Å²) in [4.78, 5) is 12.0. The molecule has 0 radical (unpaired) electrons. The van der Waals surface area contributed by atoms with Crippen molar-refractivity contribution in [2.75, 3.05) is 18.5 Å². The molecule has 2 rings (SSSR count). The molecule has 25 heavy (non-hydrogen) atoms. The Hall–Kier alpha value is -2.71. The zero-order valence-corrected chi connectivity index (χ0v) is 14.7. The maximum absolute atomic E-state index is 12.0. The van der Waals surface area contributed by atoms with E-state index in [1.54, 1.807) is 18.2 Å². The third-order valence-corrected chi connectivity index (χ3v) is 3.64. The van der Waals surface area contributed by atoms with E-state index >= 15 is 0 Å². The summed E-state index contributed by atoms with van der Waals surface area (Å²) in [6, 6.07) is 14.2. The van der Waals surface area contributed by atoms with E-state index in [0.717, 1.165) is 0 Å². The van der Waals surface area contributed by atoms with E-state index < -0.39 is 0 Å². The van der Waals surface area contributed by atoms with Gasteiger partial charge in [-0.25, -0.2) is 0 Å². The molecule has 0 spiro atoms. The minimum Gasteiger partial charge on any atom is -0.490 e. The highest BCUT2D eigenvalue weighted by Gasteiger charge is 2.07. The van der Waals surface area contributed by atoms with Gasteiger partial charge in [0.15, 0.2) is 11.5 Å². The standard InChI is InChI=1S/C19H19ClN2O3/c1-2-24-17-6-3-4-7-18(17)25-11-5-8-19(23)22-15-10-9-14(13-21)16(20)12-15/h3-4,6-7,9-10,12H,2,5,8,11H2,1H3,(H,22,23). The average molecular weight is 359 g/mol. The van der Waals surface area contributed by atoms with Gasteiger partial charge in [-0.05, 0) is 43.7 Å². The summed E-state index contributed by atoms with van der Waals surface area (Å²) in [7, 11) is 0. The number of anilines is 1. The first-order valence-corrected chi connectivity index (χ1v) is 8.36. The molecule has 0 heterocycles. The second-order valence-electron chi connectivity index (χ2n) is 5.19. The van der Waals surface area contributed by atoms with Crippen LogP contribution in [-0.4, -0.2) is 19.1 Å². The molecule has 130 valence electrons. The fraction of sp³-hybridized carbons (Fsp3) is 0.263. The van der Waals surface area contributed by atoms with Gasteiger partial charge in [0.05, 0.1) is 23.8 Å². The lowest BCUT2D eigenvalue weighted by molar-refractivity contribution is -0.116. The molecule has 0 atom stereocenters. The van der Waals surface area contributed by atoms with Crippen LogP contribution in [-0.2, 0) is 4.79 Å². The van der Waals surface area contributed by atoms with Gasteiger partial charge in [0, 0.05) is 12.1 Å². The first kappa shape index (κ1) is 18.6. The SMILES string of the molecule is CCOc1ccccc1OCCCC(=O)Nc1ccc(C#N)c(Cl)c1. The molecule has 0 aliphatic heterocycles. The van der Waals surface area contributed by atoms with Gasteiger partial charge in [-0.1, -0.05) is 23.7 Å². The number of hydrogen-bond acceptors (Lipinski definition) is 4. The summed E-state index contributed by atoms with van der Waals surface area (Å²) >= 11 is 5.94. The summed E-state index contributed by atoms with van der Waals surface area (Å²) in [5, 5.41) is 11.9. The van der Waals surface area contributed by atoms with Gasteiger partial charge in [0.2, 0.25) is 5.91 Å². The number of nitrogens with one attached hydrogen (secondary N) is 1. The van der Waals surface area contributed by atoms with Crippen molar-refractivity contribution in [1.29, 1.82) is 5.26 Å². The molecule has 2 aromatic rings. The number of nitriles is 1. The predicted octanol–water partition coefficient (Wildman–Crippen LogP) is 4.41. The summed E-state index contributed by atoms with van der Waals surface area (Å²) in [5.41, 5.74) is 0.942. The van der Waals surface area contributed by atoms with E-state index in [9.17, 15) is 4.79 Å². The zero-order valence-electron chi connectivity index (χ0n) is 13.9. The zero-order chi connectivity index (χ0) is 18.1. The van der Waals surface area contributed by atoms with Gasteiger partial charge < -0.3 is 14.8 Å². The third kappa shape index (κ3) is 5.70. The number of para-hydroxylation sites is 2. The van der Waals surface area contributed by atoms with Gasteiger partial charge in [-0.3, -0.25) is 4.79 Å². The van der Waals surface area contributed by atoms with Gasteiger partial charge >= 0.3 is 0 Å². The second kappa shape index (κ2) is 9.55. The molecule has 1 N–H and O–H groups in total. The lowest BCUT2D eigenvalue weighted by atomic mass is 10.2. The molecule has 1 amide bonds. The topological polar surface area (TPSA) is 71.3 Å². The first-order chi connectivity index (χ1) is 12.1. The molecular formula is C19H19ClN2O3. The second-order valence-corrected chi connectivity index (χ2v) is 5.59. The van der Waals surface area contributed by atoms with Gasteiger partial charge in [0.25, 0.3) is 0 Å². The van der Waals surface area contributed by atoms with Crippen LogP contribution >= 0.6 is 11.6 Å². The number of rotatable bonds is 8. The molecule has 0 aliphatic rings. The quantitative estimate of drug-likeness (QED) is 0.709. The minimum absolute atomic E-state index is 0.137. The van der Waals surface area contributed by atoms with Crippen molar-refractivity contribution >= 4 is 23.2 Å². The molecule has 0 aliphatic carbocycles. The Morgan fingerprint density at radius 2 is 1.92 bits per heavy atom. The van der Waals surface area contributed by atoms with Crippen molar-refractivity contribution in [2.45, 2.75) is 19.8 Å². The fourth-order valence-electron chi connectivity index (χ4n) is 2.17. The number of ether oxygens (including phenoxy) is 2. The maximum atomic E-state index is 12.0. The summed E-state index contributed by atoms with van der Waals surface area (Å²) in [6.45, 7) is 2.89. The smallest absolute Gasteiger partial charge is 0.224 e. The molecule has 0 fully saturated rings. The number of carbonyl (C=O) groups is 1. The molecule has 0 saturated carbocycles. The highest BCUT2D eigenvalue weighted by molar-refractivity contribution is 6.32. The van der Waals surface area contributed by atoms with Crippen molar-refractivity contribution in [2.24, 2.45) is 0 Å². The van der Waals surface area contributed by atoms with E-state index in [4.69, 9.17) is 26.3 Å². The van der Waals surface area contributed by atoms with Gasteiger partial charge in [0.1, 0.15) is 6.07 Å². The Bertz CT molecular complexity index is 772. The van der Waals surface area contributed by atoms with Crippen molar-refractivity contribution in [3.8, 4) is 17.6 Å². The third-order valence-electron chi connectivity index (χ3n) is 3.33. The normalized spacial score (nSPS) is 9.96. The predicted molar refractivity (Wildman–Crippen MR) is 97.1 cm³/mol. The minimum atomic E-state index is -0.137. The van der Waals surface area contributed by atoms with Crippen molar-refractivity contribution in [3.63, 3.8) is 0 Å². The number of carbonyl (C=O) groups excluding carboxylic acids is 1. The largest absolute Gasteiger partial charge is 0.490 e. The molecular weight excluding hydrogens is 340 g/mol. The van der Waals surface area contributed by atoms with Crippen LogP contribution in [0.5, 0.6) is 11.5 Å². The average Bonchev–Trinajstić information content (AvgIpc) is 2.60. The van der Waals surface area contributed by atoms with Crippen LogP contribution in [0.2, 0.25) is 5.02 Å². The van der Waals surface area contributed by atoms with Crippen molar-refractivity contribution in [3.05, 3.63) is 53.1 Å². The lowest BCUT2D eigenvalue weighted by Crippen LogP contribution is -2.13. The van der Waals surface area contributed by atoms with E-state index in [-0.39, 0.29) is 5.91 Å². The van der Waals surface area contributed by atoms with Crippen molar-refractivity contribution < 1.29 is 14.3 Å². The van der Waals surface area contributed by atoms with Crippen LogP contribution in [0.15, 0.2) is 42.5 Å². The van der Waals surface area contributed by atoms with Crippen LogP contribution in [0, 0.1) is 11.3 Å². The molecule has 0 aromatic heterocycles. The molecule has 6 heteroatoms. The Labute approximate surface area is 152 Å². The fourth-order valence-corrected chi connectivity index (χ4v) is 2.39. The van der Waals surface area contributed by atoms with Crippen LogP contribution in [0.1, 0.15) is 25.3 Å². The highest BCUT2D eigenvalue weighted by atomic mass is 35.5. The van der Waals surface area contributed by atoms with E-state index in [0.29, 0.717) is 53.8 Å². The summed E-state index contributed by atoms with van der Waals surface area (Å²) < 4.78 is 11.2. The molecule has 0 unspecified atom stereocenters. The van der Waals surface area contributed by atoms with Gasteiger partial charge in [-0.2, -0.15) is 5.26 Å². The Morgan fingerprint density at radius 1 is 1.20 bits per heavy atom. The molecule has 0 saturated heterocycles. The van der Waals surface area contributed by atoms with E-state index in [1.165, 1.54) is 0 Å². The highest BCUT2D eigenvalue weighted by Crippen LogP contribution is 2.26. The Balaban J connectivity index is 1.78. The van der Waals surface area contributed by atoms with Crippen molar-refractivity contribution in [1.82, 2.24) is 0 Å². The van der Waals surface area contributed by atoms with Gasteiger partial charge in [-0.15, -0.1) is 0 Å². The maximum Gasteiger partial charge on any atom is 0.224 e. The first-order valence-electron chi connectivity index (χ1n) is 7.98. The monoisotopic (exact) mass is 358 g/mol. The lowest BCUT2D eigenvalue weighted by Gasteiger charge is -2.11. The number of hydrogen-bond donors (Lipinski definition) is 1. The van der Waals surface area contributed by atoms with Crippen LogP contribution < -0.4 is 14.8 Å². The Morgan fingerprint density at radius 3 is 2.56 bits per heavy atom. The Kier molecular flexibility index (Phi) is 7.12. The van der Waals surface area contributed by atoms with Crippen LogP contribution in [0.25, 0.3) is 0 Å². The van der Waals surface area contributed by atoms with E-state index in [1.807, 2.05) is 37.3 Å². The summed E-state index contributed by atoms with van der Waals surface area (Å²) in [6.07, 6.45) is 0.880. The number of amides is 1. The number of nitrogens with zero attached hydrogens (tertiary/aromatic N) is 1. The summed E-state index contributed by atoms with van der Waals surface area (Å²) in [5.74, 6) is 1.23. The molecule has 2 aromatic carbocycles. The molecule has 5 nitrogen and oxygen atoms in total. The van der Waals surface area contributed by atoms with E-state index in [2.05, 4.69) is 5.32 Å². The number of benzene rings is 2.